The summed E-state index contributed by atoms with van der Waals surface area (Å²) in [6.45, 7) is 5.72. The molecule has 10 heteroatoms. The van der Waals surface area contributed by atoms with Crippen molar-refractivity contribution >= 4 is 40.0 Å². The van der Waals surface area contributed by atoms with Gasteiger partial charge in [0.25, 0.3) is 11.8 Å². The van der Waals surface area contributed by atoms with E-state index in [0.717, 1.165) is 25.9 Å². The summed E-state index contributed by atoms with van der Waals surface area (Å²) in [5.74, 6) is -0.353. The predicted octanol–water partition coefficient (Wildman–Crippen LogP) is 4.20. The minimum absolute atomic E-state index is 0.235. The van der Waals surface area contributed by atoms with Crippen molar-refractivity contribution in [2.75, 3.05) is 36.5 Å². The summed E-state index contributed by atoms with van der Waals surface area (Å²) in [7, 11) is 0. The van der Waals surface area contributed by atoms with E-state index < -0.39 is 23.7 Å². The van der Waals surface area contributed by atoms with E-state index >= 15 is 0 Å². The van der Waals surface area contributed by atoms with E-state index in [-0.39, 0.29) is 12.2 Å². The molecule has 0 aliphatic carbocycles. The van der Waals surface area contributed by atoms with Crippen LogP contribution in [0.5, 0.6) is 5.75 Å². The van der Waals surface area contributed by atoms with Gasteiger partial charge in [0, 0.05) is 47.3 Å². The van der Waals surface area contributed by atoms with Crippen LogP contribution in [0.1, 0.15) is 37.0 Å². The van der Waals surface area contributed by atoms with Crippen LogP contribution in [0.4, 0.5) is 20.6 Å². The second-order valence-electron chi connectivity index (χ2n) is 9.30. The summed E-state index contributed by atoms with van der Waals surface area (Å²) in [6, 6.07) is 14.5. The van der Waals surface area contributed by atoms with Gasteiger partial charge in [-0.2, -0.15) is 0 Å². The number of benzene rings is 3. The molecular weight excluding hydrogens is 489 g/mol. The molecule has 38 heavy (non-hydrogen) atoms. The maximum Gasteiger partial charge on any atom is 0.333 e. The van der Waals surface area contributed by atoms with Gasteiger partial charge in [-0.25, -0.2) is 14.6 Å². The van der Waals surface area contributed by atoms with Crippen LogP contribution in [0.15, 0.2) is 54.6 Å². The summed E-state index contributed by atoms with van der Waals surface area (Å²) in [5, 5.41) is 6.76. The van der Waals surface area contributed by atoms with Crippen molar-refractivity contribution < 1.29 is 23.5 Å². The number of fused-ring (bicyclic) bond motifs is 1. The Morgan fingerprint density at radius 3 is 2.47 bits per heavy atom. The topological polar surface area (TPSA) is 112 Å². The van der Waals surface area contributed by atoms with Crippen LogP contribution >= 0.6 is 0 Å². The van der Waals surface area contributed by atoms with Crippen LogP contribution in [-0.4, -0.2) is 44.1 Å². The van der Waals surface area contributed by atoms with Crippen LogP contribution in [0.3, 0.4) is 0 Å². The van der Waals surface area contributed by atoms with E-state index in [4.69, 9.17) is 4.74 Å². The molecule has 0 bridgehead atoms. The molecule has 1 aliphatic rings. The Morgan fingerprint density at radius 1 is 1.00 bits per heavy atom. The molecule has 0 saturated carbocycles. The lowest BCUT2D eigenvalue weighted by atomic mass is 9.98. The monoisotopic (exact) mass is 521 g/mol. The highest BCUT2D eigenvalue weighted by molar-refractivity contribution is 6.10. The van der Waals surface area contributed by atoms with Crippen molar-refractivity contribution in [1.29, 1.82) is 0 Å². The molecule has 4 amide bonds. The van der Waals surface area contributed by atoms with Crippen molar-refractivity contribution in [2.45, 2.75) is 26.7 Å². The van der Waals surface area contributed by atoms with E-state index in [9.17, 15) is 18.8 Å². The number of nitrogens with zero attached hydrogens (tertiary/aromatic N) is 1. The standard InChI is InChI=1S/C28H32FN5O4/c1-3-30-28(37)33-32-26(35)17-38-25-9-8-24(22-6-4-5-7-23(22)25)31-27(36)19-14-20(29)16-21(15-19)34-12-10-18(2)11-13-34/h4-9,14-16,18H,3,10-13,17H2,1-2H3,(H,31,36)(H,32,35)(H2,30,33,37). The molecular formula is C28H32FN5O4. The van der Waals surface area contributed by atoms with Crippen molar-refractivity contribution in [1.82, 2.24) is 16.2 Å². The maximum absolute atomic E-state index is 14.5. The van der Waals surface area contributed by atoms with Crippen molar-refractivity contribution in [2.24, 2.45) is 5.92 Å². The number of amides is 4. The molecule has 4 N–H and O–H groups in total. The van der Waals surface area contributed by atoms with Gasteiger partial charge in [-0.3, -0.25) is 15.0 Å². The number of nitrogens with one attached hydrogen (secondary N) is 4. The van der Waals surface area contributed by atoms with Gasteiger partial charge >= 0.3 is 6.03 Å². The summed E-state index contributed by atoms with van der Waals surface area (Å²) in [6.07, 6.45) is 2.07. The van der Waals surface area contributed by atoms with Gasteiger partial charge in [0.05, 0.1) is 0 Å². The third-order valence-corrected chi connectivity index (χ3v) is 6.44. The van der Waals surface area contributed by atoms with Crippen LogP contribution in [0.25, 0.3) is 10.8 Å². The normalized spacial score (nSPS) is 13.6. The molecule has 1 heterocycles. The number of carbonyl (C=O) groups is 3. The van der Waals surface area contributed by atoms with Crippen LogP contribution in [0.2, 0.25) is 0 Å². The maximum atomic E-state index is 14.5. The molecule has 0 radical (unpaired) electrons. The molecule has 0 atom stereocenters. The van der Waals surface area contributed by atoms with E-state index in [1.165, 1.54) is 12.1 Å². The molecule has 9 nitrogen and oxygen atoms in total. The highest BCUT2D eigenvalue weighted by Crippen LogP contribution is 2.32. The van der Waals surface area contributed by atoms with Crippen LogP contribution in [-0.2, 0) is 4.79 Å². The minimum atomic E-state index is -0.539. The highest BCUT2D eigenvalue weighted by atomic mass is 19.1. The summed E-state index contributed by atoms with van der Waals surface area (Å²) in [4.78, 5) is 38.7. The second-order valence-corrected chi connectivity index (χ2v) is 9.30. The van der Waals surface area contributed by atoms with Crippen LogP contribution in [0, 0.1) is 11.7 Å². The molecule has 3 aromatic carbocycles. The molecule has 1 saturated heterocycles. The molecule has 200 valence electrons. The van der Waals surface area contributed by atoms with Gasteiger partial charge in [0.15, 0.2) is 6.61 Å². The third-order valence-electron chi connectivity index (χ3n) is 6.44. The zero-order valence-corrected chi connectivity index (χ0v) is 21.5. The second kappa shape index (κ2) is 12.3. The van der Waals surface area contributed by atoms with Gasteiger partial charge in [0.1, 0.15) is 11.6 Å². The molecule has 3 aromatic rings. The number of urea groups is 1. The predicted molar refractivity (Wildman–Crippen MR) is 145 cm³/mol. The summed E-state index contributed by atoms with van der Waals surface area (Å²) in [5.41, 5.74) is 5.95. The van der Waals surface area contributed by atoms with E-state index in [0.29, 0.717) is 40.4 Å². The number of ether oxygens (including phenoxy) is 1. The first-order chi connectivity index (χ1) is 18.3. The quantitative estimate of drug-likeness (QED) is 0.348. The Bertz CT molecular complexity index is 1320. The fourth-order valence-electron chi connectivity index (χ4n) is 4.37. The fraction of sp³-hybridized carbons (Fsp3) is 0.321. The fourth-order valence-corrected chi connectivity index (χ4v) is 4.37. The van der Waals surface area contributed by atoms with Gasteiger partial charge in [-0.05, 0) is 56.0 Å². The van der Waals surface area contributed by atoms with Crippen LogP contribution < -0.4 is 31.1 Å². The highest BCUT2D eigenvalue weighted by Gasteiger charge is 2.19. The lowest BCUT2D eigenvalue weighted by Crippen LogP contribution is -2.48. The summed E-state index contributed by atoms with van der Waals surface area (Å²) >= 11 is 0. The molecule has 1 aliphatic heterocycles. The van der Waals surface area contributed by atoms with E-state index in [1.54, 1.807) is 25.1 Å². The first kappa shape index (κ1) is 26.7. The number of anilines is 2. The number of rotatable bonds is 7. The Balaban J connectivity index is 1.47. The zero-order valence-electron chi connectivity index (χ0n) is 21.5. The molecule has 4 rings (SSSR count). The average molecular weight is 522 g/mol. The lowest BCUT2D eigenvalue weighted by molar-refractivity contribution is -0.123. The first-order valence-electron chi connectivity index (χ1n) is 12.7. The van der Waals surface area contributed by atoms with E-state index in [2.05, 4.69) is 33.3 Å². The summed E-state index contributed by atoms with van der Waals surface area (Å²) < 4.78 is 20.1. The SMILES string of the molecule is CCNC(=O)NNC(=O)COc1ccc(NC(=O)c2cc(F)cc(N3CCC(C)CC3)c2)c2ccccc12. The Labute approximate surface area is 220 Å². The van der Waals surface area contributed by atoms with Gasteiger partial charge < -0.3 is 20.3 Å². The molecule has 0 spiro atoms. The van der Waals surface area contributed by atoms with Crippen molar-refractivity contribution in [3.8, 4) is 5.75 Å². The largest absolute Gasteiger partial charge is 0.483 e. The number of hydrazine groups is 1. The van der Waals surface area contributed by atoms with Crippen molar-refractivity contribution in [3.05, 3.63) is 66.0 Å². The van der Waals surface area contributed by atoms with Gasteiger partial charge in [-0.1, -0.05) is 31.2 Å². The number of piperidine rings is 1. The molecule has 0 unspecified atom stereocenters. The number of hydrogen-bond donors (Lipinski definition) is 4. The number of halogens is 1. The van der Waals surface area contributed by atoms with E-state index in [1.807, 2.05) is 24.3 Å². The molecule has 0 aromatic heterocycles. The minimum Gasteiger partial charge on any atom is -0.483 e. The smallest absolute Gasteiger partial charge is 0.333 e. The first-order valence-corrected chi connectivity index (χ1v) is 12.7. The van der Waals surface area contributed by atoms with Crippen molar-refractivity contribution in [3.63, 3.8) is 0 Å². The zero-order chi connectivity index (χ0) is 27.1. The molecule has 1 fully saturated rings. The number of hydrogen-bond acceptors (Lipinski definition) is 5. The Morgan fingerprint density at radius 2 is 1.74 bits per heavy atom. The Kier molecular flexibility index (Phi) is 8.62. The van der Waals surface area contributed by atoms with Gasteiger partial charge in [0.2, 0.25) is 0 Å². The van der Waals surface area contributed by atoms with Gasteiger partial charge in [-0.15, -0.1) is 0 Å². The number of carbonyl (C=O) groups excluding carboxylic acids is 3. The average Bonchev–Trinajstić information content (AvgIpc) is 2.91. The lowest BCUT2D eigenvalue weighted by Gasteiger charge is -2.32. The third kappa shape index (κ3) is 6.70. The Hall–Kier alpha value is -4.34.